The highest BCUT2D eigenvalue weighted by molar-refractivity contribution is 7.92. The number of aryl methyl sites for hydroxylation is 2. The highest BCUT2D eigenvalue weighted by atomic mass is 35.5. The van der Waals surface area contributed by atoms with Crippen LogP contribution in [0.1, 0.15) is 50.3 Å². The first kappa shape index (κ1) is 32.9. The maximum Gasteiger partial charge on any atom is 0.264 e. The number of benzene rings is 3. The van der Waals surface area contributed by atoms with Crippen molar-refractivity contribution in [2.75, 3.05) is 18.0 Å². The topological polar surface area (TPSA) is 96.0 Å². The molecule has 3 aromatic carbocycles. The Hall–Kier alpha value is -3.56. The van der Waals surface area contributed by atoms with Gasteiger partial charge in [-0.3, -0.25) is 13.9 Å². The van der Waals surface area contributed by atoms with Crippen LogP contribution >= 0.6 is 11.6 Å². The Kier molecular flexibility index (Phi) is 11.4. The van der Waals surface area contributed by atoms with Crippen molar-refractivity contribution >= 4 is 39.1 Å². The molecule has 3 rings (SSSR count). The molecule has 0 aromatic heterocycles. The zero-order valence-corrected chi connectivity index (χ0v) is 26.6. The van der Waals surface area contributed by atoms with Crippen molar-refractivity contribution in [2.24, 2.45) is 0 Å². The molecule has 226 valence electrons. The molecule has 8 nitrogen and oxygen atoms in total. The Bertz CT molecular complexity index is 1490. The van der Waals surface area contributed by atoms with Crippen LogP contribution in [-0.4, -0.2) is 50.9 Å². The monoisotopic (exact) mass is 613 g/mol. The van der Waals surface area contributed by atoms with Crippen LogP contribution in [-0.2, 0) is 26.2 Å². The van der Waals surface area contributed by atoms with Crippen molar-refractivity contribution < 1.29 is 22.7 Å². The van der Waals surface area contributed by atoms with E-state index in [-0.39, 0.29) is 29.1 Å². The summed E-state index contributed by atoms with van der Waals surface area (Å²) in [6.45, 7) is 8.91. The van der Waals surface area contributed by atoms with E-state index in [2.05, 4.69) is 5.32 Å². The van der Waals surface area contributed by atoms with Gasteiger partial charge in [0.25, 0.3) is 10.0 Å². The van der Waals surface area contributed by atoms with E-state index in [9.17, 15) is 18.0 Å². The Morgan fingerprint density at radius 1 is 0.976 bits per heavy atom. The summed E-state index contributed by atoms with van der Waals surface area (Å²) in [5, 5.41) is 3.35. The van der Waals surface area contributed by atoms with Gasteiger partial charge >= 0.3 is 0 Å². The van der Waals surface area contributed by atoms with E-state index in [1.807, 2.05) is 40.7 Å². The quantitative estimate of drug-likeness (QED) is 0.260. The molecule has 0 unspecified atom stereocenters. The first-order chi connectivity index (χ1) is 19.9. The molecule has 0 bridgehead atoms. The molecule has 0 aliphatic carbocycles. The van der Waals surface area contributed by atoms with Gasteiger partial charge in [-0.2, -0.15) is 0 Å². The van der Waals surface area contributed by atoms with Crippen LogP contribution < -0.4 is 14.4 Å². The molecule has 0 radical (unpaired) electrons. The predicted molar refractivity (Wildman–Crippen MR) is 167 cm³/mol. The minimum atomic E-state index is -4.18. The van der Waals surface area contributed by atoms with Crippen molar-refractivity contribution in [2.45, 2.75) is 71.0 Å². The summed E-state index contributed by atoms with van der Waals surface area (Å²) < 4.78 is 34.4. The molecule has 42 heavy (non-hydrogen) atoms. The summed E-state index contributed by atoms with van der Waals surface area (Å²) in [6, 6.07) is 17.6. The summed E-state index contributed by atoms with van der Waals surface area (Å²) in [5.41, 5.74) is 2.66. The summed E-state index contributed by atoms with van der Waals surface area (Å²) in [4.78, 5) is 29.1. The fraction of sp³-hybridized carbons (Fsp3) is 0.375. The third-order valence-electron chi connectivity index (χ3n) is 7.21. The maximum atomic E-state index is 14.2. The van der Waals surface area contributed by atoms with Gasteiger partial charge in [0.15, 0.2) is 0 Å². The number of hydrogen-bond donors (Lipinski definition) is 1. The number of methoxy groups -OCH3 is 1. The van der Waals surface area contributed by atoms with E-state index in [1.54, 1.807) is 49.6 Å². The Labute approximate surface area is 254 Å². The summed E-state index contributed by atoms with van der Waals surface area (Å²) >= 11 is 6.40. The van der Waals surface area contributed by atoms with Gasteiger partial charge in [-0.15, -0.1) is 0 Å². The van der Waals surface area contributed by atoms with Gasteiger partial charge in [0.1, 0.15) is 18.3 Å². The first-order valence-corrected chi connectivity index (χ1v) is 15.8. The van der Waals surface area contributed by atoms with E-state index in [0.717, 1.165) is 27.4 Å². The second kappa shape index (κ2) is 14.6. The second-order valence-corrected chi connectivity index (χ2v) is 12.6. The summed E-state index contributed by atoms with van der Waals surface area (Å²) in [5.74, 6) is -0.222. The molecule has 0 fully saturated rings. The maximum absolute atomic E-state index is 14.2. The van der Waals surface area contributed by atoms with Gasteiger partial charge in [-0.05, 0) is 81.1 Å². The minimum absolute atomic E-state index is 0.0403. The highest BCUT2D eigenvalue weighted by Crippen LogP contribution is 2.29. The molecule has 0 spiro atoms. The Morgan fingerprint density at radius 3 is 2.26 bits per heavy atom. The van der Waals surface area contributed by atoms with Gasteiger partial charge in [0.05, 0.1) is 17.7 Å². The molecule has 2 amide bonds. The number of carbonyl (C=O) groups excluding carboxylic acids is 2. The van der Waals surface area contributed by atoms with Crippen LogP contribution in [0.15, 0.2) is 71.6 Å². The molecule has 0 aliphatic heterocycles. The van der Waals surface area contributed by atoms with Crippen LogP contribution in [0.25, 0.3) is 0 Å². The van der Waals surface area contributed by atoms with Crippen LogP contribution in [0, 0.1) is 13.8 Å². The Morgan fingerprint density at radius 2 is 1.67 bits per heavy atom. The van der Waals surface area contributed by atoms with Gasteiger partial charge < -0.3 is 15.0 Å². The van der Waals surface area contributed by atoms with Gasteiger partial charge in [0, 0.05) is 17.6 Å². The van der Waals surface area contributed by atoms with Crippen LogP contribution in [0.5, 0.6) is 5.75 Å². The molecule has 10 heteroatoms. The first-order valence-electron chi connectivity index (χ1n) is 14.0. The number of carbonyl (C=O) groups is 2. The lowest BCUT2D eigenvalue weighted by molar-refractivity contribution is -0.140. The number of hydrogen-bond acceptors (Lipinski definition) is 5. The average molecular weight is 614 g/mol. The van der Waals surface area contributed by atoms with Crippen molar-refractivity contribution in [1.82, 2.24) is 10.2 Å². The molecule has 2 atom stereocenters. The van der Waals surface area contributed by atoms with Crippen molar-refractivity contribution in [3.63, 3.8) is 0 Å². The lowest BCUT2D eigenvalue weighted by Crippen LogP contribution is -2.53. The van der Waals surface area contributed by atoms with Crippen molar-refractivity contribution in [3.05, 3.63) is 88.4 Å². The number of anilines is 1. The minimum Gasteiger partial charge on any atom is -0.497 e. The van der Waals surface area contributed by atoms with E-state index >= 15 is 0 Å². The normalized spacial score (nSPS) is 12.7. The molecule has 0 aliphatic rings. The van der Waals surface area contributed by atoms with E-state index in [1.165, 1.54) is 23.1 Å². The number of sulfonamides is 1. The molecule has 0 saturated carbocycles. The molecule has 0 heterocycles. The van der Waals surface area contributed by atoms with Gasteiger partial charge in [-0.25, -0.2) is 8.42 Å². The third-order valence-corrected chi connectivity index (χ3v) is 9.40. The van der Waals surface area contributed by atoms with Crippen LogP contribution in [0.4, 0.5) is 5.69 Å². The Balaban J connectivity index is 2.09. The summed E-state index contributed by atoms with van der Waals surface area (Å²) in [6.07, 6.45) is 1.06. The van der Waals surface area contributed by atoms with Gasteiger partial charge in [0.2, 0.25) is 11.8 Å². The van der Waals surface area contributed by atoms with Gasteiger partial charge in [-0.1, -0.05) is 61.3 Å². The summed E-state index contributed by atoms with van der Waals surface area (Å²) in [7, 11) is -2.63. The molecule has 3 aromatic rings. The van der Waals surface area contributed by atoms with E-state index in [0.29, 0.717) is 17.2 Å². The predicted octanol–water partition coefficient (Wildman–Crippen LogP) is 5.88. The average Bonchev–Trinajstić information content (AvgIpc) is 2.97. The van der Waals surface area contributed by atoms with E-state index in [4.69, 9.17) is 16.3 Å². The smallest absolute Gasteiger partial charge is 0.264 e. The zero-order valence-electron chi connectivity index (χ0n) is 25.1. The largest absolute Gasteiger partial charge is 0.497 e. The number of amides is 2. The third kappa shape index (κ3) is 8.04. The fourth-order valence-corrected chi connectivity index (χ4v) is 6.01. The lowest BCUT2D eigenvalue weighted by atomic mass is 10.1. The molecular weight excluding hydrogens is 574 g/mol. The number of halogens is 1. The zero-order chi connectivity index (χ0) is 31.0. The van der Waals surface area contributed by atoms with Crippen molar-refractivity contribution in [1.29, 1.82) is 0 Å². The SMILES string of the molecule is CC[C@H](C(=O)N[C@@H](C)CC)N(Cc1cccc(OC)c1)C(=O)CN(c1ccc(C)c(Cl)c1)S(=O)(=O)c1ccc(C)cc1. The number of ether oxygens (including phenoxy) is 1. The van der Waals surface area contributed by atoms with Crippen LogP contribution in [0.2, 0.25) is 5.02 Å². The lowest BCUT2D eigenvalue weighted by Gasteiger charge is -2.34. The molecule has 0 saturated heterocycles. The standard InChI is InChI=1S/C32H40ClN3O5S/c1-7-24(5)34-32(38)30(8-2)35(20-25-10-9-11-27(18-25)41-6)31(37)21-36(26-15-14-23(4)29(33)19-26)42(39,40)28-16-12-22(3)13-17-28/h9-19,24,30H,7-8,20-21H2,1-6H3,(H,34,38)/t24-,30+/m0/s1. The number of nitrogens with zero attached hydrogens (tertiary/aromatic N) is 2. The fourth-order valence-electron chi connectivity index (χ4n) is 4.43. The number of nitrogens with one attached hydrogen (secondary N) is 1. The van der Waals surface area contributed by atoms with Crippen LogP contribution in [0.3, 0.4) is 0 Å². The molecular formula is C32H40ClN3O5S. The highest BCUT2D eigenvalue weighted by Gasteiger charge is 2.34. The van der Waals surface area contributed by atoms with Crippen molar-refractivity contribution in [3.8, 4) is 5.75 Å². The second-order valence-electron chi connectivity index (χ2n) is 10.4. The molecule has 1 N–H and O–H groups in total. The van der Waals surface area contributed by atoms with E-state index < -0.39 is 28.5 Å². The number of rotatable bonds is 13.